The van der Waals surface area contributed by atoms with Crippen molar-refractivity contribution in [1.29, 1.82) is 0 Å². The van der Waals surface area contributed by atoms with Crippen LogP contribution in [0.25, 0.3) is 0 Å². The maximum atomic E-state index is 12.9. The second-order valence-corrected chi connectivity index (χ2v) is 8.71. The van der Waals surface area contributed by atoms with Gasteiger partial charge in [0.2, 0.25) is 0 Å². The number of ether oxygens (including phenoxy) is 1. The minimum absolute atomic E-state index is 0.267. The van der Waals surface area contributed by atoms with Crippen LogP contribution in [-0.4, -0.2) is 24.4 Å². The molecule has 1 heterocycles. The van der Waals surface area contributed by atoms with Crippen molar-refractivity contribution < 1.29 is 14.3 Å². The van der Waals surface area contributed by atoms with E-state index in [-0.39, 0.29) is 12.6 Å². The molecule has 2 aromatic rings. The molecule has 1 atom stereocenters. The number of nitrogens with one attached hydrogen (secondary N) is 2. The molecule has 0 bridgehead atoms. The lowest BCUT2D eigenvalue weighted by Crippen LogP contribution is -2.46. The van der Waals surface area contributed by atoms with Gasteiger partial charge in [0, 0.05) is 20.8 Å². The number of thioether (sulfide) groups is 1. The van der Waals surface area contributed by atoms with Crippen LogP contribution in [0.1, 0.15) is 29.7 Å². The quantitative estimate of drug-likeness (QED) is 0.455. The fourth-order valence-corrected chi connectivity index (χ4v) is 4.30. The number of amides is 2. The fourth-order valence-electron chi connectivity index (χ4n) is 3.17. The summed E-state index contributed by atoms with van der Waals surface area (Å²) < 4.78 is 6.33. The summed E-state index contributed by atoms with van der Waals surface area (Å²) in [5.74, 6) is 0.0298. The highest BCUT2D eigenvalue weighted by molar-refractivity contribution is 9.10. The fraction of sp³-hybridized carbons (Fsp3) is 0.273. The summed E-state index contributed by atoms with van der Waals surface area (Å²) in [5.41, 5.74) is 3.99. The summed E-state index contributed by atoms with van der Waals surface area (Å²) >= 11 is 4.98. The summed E-state index contributed by atoms with van der Waals surface area (Å²) in [7, 11) is 0. The van der Waals surface area contributed by atoms with E-state index in [0.29, 0.717) is 17.0 Å². The van der Waals surface area contributed by atoms with Gasteiger partial charge in [-0.2, -0.15) is 0 Å². The molecule has 2 N–H and O–H groups in total. The van der Waals surface area contributed by atoms with Gasteiger partial charge < -0.3 is 15.4 Å². The molecular formula is C22H23BrN2O3S. The van der Waals surface area contributed by atoms with Crippen molar-refractivity contribution in [3.05, 3.63) is 74.9 Å². The molecule has 0 aromatic heterocycles. The highest BCUT2D eigenvalue weighted by Gasteiger charge is 2.34. The monoisotopic (exact) mass is 474 g/mol. The normalized spacial score (nSPS) is 16.3. The number of benzene rings is 2. The number of urea groups is 1. The van der Waals surface area contributed by atoms with E-state index in [2.05, 4.69) is 26.6 Å². The number of hydrogen-bond acceptors (Lipinski definition) is 4. The van der Waals surface area contributed by atoms with Gasteiger partial charge >= 0.3 is 12.0 Å². The van der Waals surface area contributed by atoms with E-state index in [1.165, 1.54) is 0 Å². The molecule has 7 heteroatoms. The zero-order valence-electron chi connectivity index (χ0n) is 16.5. The Hall–Kier alpha value is -2.25. The van der Waals surface area contributed by atoms with Gasteiger partial charge in [-0.15, -0.1) is 11.8 Å². The number of halogens is 1. The van der Waals surface area contributed by atoms with E-state index < -0.39 is 12.0 Å². The third kappa shape index (κ3) is 5.22. The predicted molar refractivity (Wildman–Crippen MR) is 119 cm³/mol. The Bertz CT molecular complexity index is 957. The molecule has 0 radical (unpaired) electrons. The average Bonchev–Trinajstić information content (AvgIpc) is 2.69. The average molecular weight is 475 g/mol. The molecule has 0 spiro atoms. The van der Waals surface area contributed by atoms with Gasteiger partial charge in [-0.1, -0.05) is 39.7 Å². The topological polar surface area (TPSA) is 67.4 Å². The first-order valence-corrected chi connectivity index (χ1v) is 11.1. The van der Waals surface area contributed by atoms with Crippen LogP contribution in [0.15, 0.2) is 63.1 Å². The highest BCUT2D eigenvalue weighted by atomic mass is 79.9. The SMILES string of the molecule is CCOC(=O)C1=C(CSc2ccc(Br)cc2)NC(=O)N[C@@H]1c1cc(C)ccc1C. The Balaban J connectivity index is 2.00. The largest absolute Gasteiger partial charge is 0.463 e. The van der Waals surface area contributed by atoms with Crippen LogP contribution in [-0.2, 0) is 9.53 Å². The van der Waals surface area contributed by atoms with Crippen molar-refractivity contribution >= 4 is 39.7 Å². The molecule has 0 unspecified atom stereocenters. The Morgan fingerprint density at radius 3 is 2.59 bits per heavy atom. The van der Waals surface area contributed by atoms with Crippen LogP contribution in [0.3, 0.4) is 0 Å². The van der Waals surface area contributed by atoms with Gasteiger partial charge in [-0.25, -0.2) is 9.59 Å². The van der Waals surface area contributed by atoms with E-state index in [1.807, 2.05) is 56.3 Å². The van der Waals surface area contributed by atoms with E-state index in [9.17, 15) is 9.59 Å². The predicted octanol–water partition coefficient (Wildman–Crippen LogP) is 5.03. The third-order valence-corrected chi connectivity index (χ3v) is 6.16. The molecule has 0 saturated carbocycles. The summed E-state index contributed by atoms with van der Waals surface area (Å²) in [5, 5.41) is 5.72. The van der Waals surface area contributed by atoms with Gasteiger partial charge in [0.05, 0.1) is 18.2 Å². The van der Waals surface area contributed by atoms with Gasteiger partial charge in [0.15, 0.2) is 0 Å². The number of esters is 1. The Kier molecular flexibility index (Phi) is 7.03. The molecule has 0 saturated heterocycles. The van der Waals surface area contributed by atoms with Crippen LogP contribution in [0.2, 0.25) is 0 Å². The second-order valence-electron chi connectivity index (χ2n) is 6.75. The molecule has 152 valence electrons. The van der Waals surface area contributed by atoms with E-state index >= 15 is 0 Å². The van der Waals surface area contributed by atoms with Crippen LogP contribution in [0, 0.1) is 13.8 Å². The second kappa shape index (κ2) is 9.50. The third-order valence-electron chi connectivity index (χ3n) is 4.59. The molecule has 1 aliphatic heterocycles. The van der Waals surface area contributed by atoms with Crippen molar-refractivity contribution in [1.82, 2.24) is 10.6 Å². The lowest BCUT2D eigenvalue weighted by atomic mass is 9.91. The van der Waals surface area contributed by atoms with Crippen molar-refractivity contribution in [2.24, 2.45) is 0 Å². The Morgan fingerprint density at radius 1 is 1.17 bits per heavy atom. The van der Waals surface area contributed by atoms with Crippen LogP contribution in [0.4, 0.5) is 4.79 Å². The van der Waals surface area contributed by atoms with Crippen LogP contribution >= 0.6 is 27.7 Å². The van der Waals surface area contributed by atoms with Crippen LogP contribution < -0.4 is 10.6 Å². The van der Waals surface area contributed by atoms with Crippen molar-refractivity contribution in [2.45, 2.75) is 31.7 Å². The summed E-state index contributed by atoms with van der Waals surface area (Å²) in [6.45, 7) is 6.01. The molecule has 0 fully saturated rings. The van der Waals surface area contributed by atoms with Gasteiger partial charge in [0.1, 0.15) is 0 Å². The maximum Gasteiger partial charge on any atom is 0.338 e. The number of rotatable bonds is 6. The zero-order valence-corrected chi connectivity index (χ0v) is 18.9. The van der Waals surface area contributed by atoms with Crippen molar-refractivity contribution in [3.8, 4) is 0 Å². The molecule has 1 aliphatic rings. The van der Waals surface area contributed by atoms with Crippen molar-refractivity contribution in [2.75, 3.05) is 12.4 Å². The Morgan fingerprint density at radius 2 is 1.90 bits per heavy atom. The lowest BCUT2D eigenvalue weighted by Gasteiger charge is -2.30. The number of carbonyl (C=O) groups is 2. The maximum absolute atomic E-state index is 12.9. The summed E-state index contributed by atoms with van der Waals surface area (Å²) in [4.78, 5) is 26.3. The molecule has 29 heavy (non-hydrogen) atoms. The number of carbonyl (C=O) groups excluding carboxylic acids is 2. The molecule has 0 aliphatic carbocycles. The van der Waals surface area contributed by atoms with Gasteiger partial charge in [-0.05, 0) is 56.2 Å². The van der Waals surface area contributed by atoms with E-state index in [4.69, 9.17) is 4.74 Å². The number of aryl methyl sites for hydroxylation is 2. The lowest BCUT2D eigenvalue weighted by molar-refractivity contribution is -0.139. The smallest absolute Gasteiger partial charge is 0.338 e. The minimum atomic E-state index is -0.553. The first kappa shape index (κ1) is 21.5. The molecule has 2 amide bonds. The van der Waals surface area contributed by atoms with E-state index in [1.54, 1.807) is 18.7 Å². The molecule has 3 rings (SSSR count). The standard InChI is InChI=1S/C22H23BrN2O3S/c1-4-28-21(26)19-18(12-29-16-9-7-15(23)8-10-16)24-22(27)25-20(19)17-11-13(2)5-6-14(17)3/h5-11,20H,4,12H2,1-3H3,(H2,24,25,27)/t20-/m1/s1. The zero-order chi connectivity index (χ0) is 21.0. The summed E-state index contributed by atoms with van der Waals surface area (Å²) in [6.07, 6.45) is 0. The van der Waals surface area contributed by atoms with Gasteiger partial charge in [-0.3, -0.25) is 0 Å². The van der Waals surface area contributed by atoms with Crippen LogP contribution in [0.5, 0.6) is 0 Å². The first-order chi connectivity index (χ1) is 13.9. The van der Waals surface area contributed by atoms with E-state index in [0.717, 1.165) is 26.1 Å². The minimum Gasteiger partial charge on any atom is -0.463 e. The first-order valence-electron chi connectivity index (χ1n) is 9.32. The summed E-state index contributed by atoms with van der Waals surface area (Å²) in [6, 6.07) is 13.0. The molecule has 2 aromatic carbocycles. The van der Waals surface area contributed by atoms with Gasteiger partial charge in [0.25, 0.3) is 0 Å². The number of hydrogen-bond donors (Lipinski definition) is 2. The molecule has 5 nitrogen and oxygen atoms in total. The molecular weight excluding hydrogens is 452 g/mol. The highest BCUT2D eigenvalue weighted by Crippen LogP contribution is 2.33. The van der Waals surface area contributed by atoms with Crippen molar-refractivity contribution in [3.63, 3.8) is 0 Å². The Labute approximate surface area is 183 Å².